The number of hydrogen-bond acceptors (Lipinski definition) is 5. The normalized spacial score (nSPS) is 11.9. The van der Waals surface area contributed by atoms with Crippen LogP contribution < -0.4 is 0 Å². The first kappa shape index (κ1) is 18.5. The summed E-state index contributed by atoms with van der Waals surface area (Å²) in [5.74, 6) is -0.106. The Morgan fingerprint density at radius 1 is 1.23 bits per heavy atom. The Bertz CT molecular complexity index is 1050. The van der Waals surface area contributed by atoms with Gasteiger partial charge in [-0.05, 0) is 42.8 Å². The van der Waals surface area contributed by atoms with E-state index in [1.807, 2.05) is 0 Å². The van der Waals surface area contributed by atoms with E-state index in [0.717, 1.165) is 10.4 Å². The number of sulfonamides is 1. The van der Waals surface area contributed by atoms with Crippen molar-refractivity contribution in [3.63, 3.8) is 0 Å². The molecule has 2 aromatic carbocycles. The lowest BCUT2D eigenvalue weighted by Gasteiger charge is -2.16. The summed E-state index contributed by atoms with van der Waals surface area (Å²) < 4.78 is 44.8. The van der Waals surface area contributed by atoms with Gasteiger partial charge in [0.25, 0.3) is 0 Å². The Morgan fingerprint density at radius 3 is 2.65 bits per heavy atom. The predicted octanol–water partition coefficient (Wildman–Crippen LogP) is 3.66. The number of aryl methyl sites for hydroxylation is 1. The summed E-state index contributed by atoms with van der Waals surface area (Å²) in [4.78, 5) is 4.22. The quantitative estimate of drug-likeness (QED) is 0.659. The summed E-state index contributed by atoms with van der Waals surface area (Å²) in [6.45, 7) is 1.41. The molecule has 0 aliphatic carbocycles. The minimum Gasteiger partial charge on any atom is -0.338 e. The molecule has 26 heavy (non-hydrogen) atoms. The van der Waals surface area contributed by atoms with Crippen molar-refractivity contribution < 1.29 is 17.3 Å². The van der Waals surface area contributed by atoms with Gasteiger partial charge in [-0.3, -0.25) is 0 Å². The van der Waals surface area contributed by atoms with E-state index in [2.05, 4.69) is 10.1 Å². The molecule has 0 aliphatic rings. The fourth-order valence-corrected chi connectivity index (χ4v) is 3.96. The van der Waals surface area contributed by atoms with Crippen molar-refractivity contribution >= 4 is 21.6 Å². The number of aromatic nitrogens is 2. The molecule has 0 amide bonds. The molecule has 0 radical (unpaired) electrons. The molecular weight excluding hydrogens is 381 g/mol. The van der Waals surface area contributed by atoms with Crippen LogP contribution >= 0.6 is 11.6 Å². The molecule has 3 rings (SSSR count). The van der Waals surface area contributed by atoms with Gasteiger partial charge in [0.15, 0.2) is 0 Å². The second-order valence-corrected chi connectivity index (χ2v) is 8.08. The Kier molecular flexibility index (Phi) is 5.08. The summed E-state index contributed by atoms with van der Waals surface area (Å²) in [6, 6.07) is 10.5. The maximum absolute atomic E-state index is 13.2. The van der Waals surface area contributed by atoms with Crippen LogP contribution in [0.2, 0.25) is 5.02 Å². The first-order chi connectivity index (χ1) is 12.3. The summed E-state index contributed by atoms with van der Waals surface area (Å²) in [5, 5.41) is 4.30. The molecule has 0 bridgehead atoms. The fraction of sp³-hybridized carbons (Fsp3) is 0.176. The molecule has 1 heterocycles. The van der Waals surface area contributed by atoms with Gasteiger partial charge >= 0.3 is 0 Å². The van der Waals surface area contributed by atoms with Crippen molar-refractivity contribution in [3.05, 3.63) is 64.8 Å². The van der Waals surface area contributed by atoms with E-state index in [9.17, 15) is 12.8 Å². The maximum atomic E-state index is 13.2. The van der Waals surface area contributed by atoms with E-state index in [0.29, 0.717) is 16.1 Å². The van der Waals surface area contributed by atoms with Gasteiger partial charge in [0.1, 0.15) is 5.82 Å². The molecule has 0 fully saturated rings. The van der Waals surface area contributed by atoms with Crippen LogP contribution in [0, 0.1) is 12.7 Å². The highest BCUT2D eigenvalue weighted by Crippen LogP contribution is 2.26. The SMILES string of the molecule is Cc1cc(F)ccc1S(=O)(=O)N(C)Cc1nc(-c2ccccc2Cl)no1. The van der Waals surface area contributed by atoms with Crippen LogP contribution in [0.25, 0.3) is 11.4 Å². The highest BCUT2D eigenvalue weighted by atomic mass is 35.5. The molecule has 0 saturated heterocycles. The van der Waals surface area contributed by atoms with Crippen molar-refractivity contribution in [1.29, 1.82) is 0 Å². The average Bonchev–Trinajstić information content (AvgIpc) is 3.03. The summed E-state index contributed by atoms with van der Waals surface area (Å²) in [5.41, 5.74) is 0.906. The summed E-state index contributed by atoms with van der Waals surface area (Å²) in [6.07, 6.45) is 0. The van der Waals surface area contributed by atoms with Gasteiger partial charge in [-0.1, -0.05) is 28.9 Å². The minimum atomic E-state index is -3.84. The zero-order chi connectivity index (χ0) is 18.9. The maximum Gasteiger partial charge on any atom is 0.243 e. The third-order valence-electron chi connectivity index (χ3n) is 3.77. The van der Waals surface area contributed by atoms with Crippen LogP contribution in [0.3, 0.4) is 0 Å². The van der Waals surface area contributed by atoms with Gasteiger partial charge in [0.05, 0.1) is 16.5 Å². The number of benzene rings is 2. The van der Waals surface area contributed by atoms with E-state index < -0.39 is 15.8 Å². The number of nitrogens with zero attached hydrogens (tertiary/aromatic N) is 3. The molecule has 6 nitrogen and oxygen atoms in total. The van der Waals surface area contributed by atoms with Crippen LogP contribution in [0.15, 0.2) is 51.9 Å². The predicted molar refractivity (Wildman–Crippen MR) is 94.5 cm³/mol. The number of hydrogen-bond donors (Lipinski definition) is 0. The van der Waals surface area contributed by atoms with Crippen molar-refractivity contribution in [3.8, 4) is 11.4 Å². The Labute approximate surface area is 155 Å². The molecule has 0 N–H and O–H groups in total. The lowest BCUT2D eigenvalue weighted by atomic mass is 10.2. The van der Waals surface area contributed by atoms with Gasteiger partial charge in [-0.25, -0.2) is 12.8 Å². The number of rotatable bonds is 5. The third kappa shape index (κ3) is 3.62. The number of halogens is 2. The van der Waals surface area contributed by atoms with Crippen molar-refractivity contribution in [2.24, 2.45) is 0 Å². The van der Waals surface area contributed by atoms with Crippen molar-refractivity contribution in [2.75, 3.05) is 7.05 Å². The third-order valence-corrected chi connectivity index (χ3v) is 6.06. The van der Waals surface area contributed by atoms with Crippen LogP contribution in [0.5, 0.6) is 0 Å². The van der Waals surface area contributed by atoms with E-state index in [-0.39, 0.29) is 23.2 Å². The van der Waals surface area contributed by atoms with E-state index >= 15 is 0 Å². The zero-order valence-corrected chi connectivity index (χ0v) is 15.6. The molecular formula is C17H15ClFN3O3S. The van der Waals surface area contributed by atoms with Crippen molar-refractivity contribution in [2.45, 2.75) is 18.4 Å². The van der Waals surface area contributed by atoms with Gasteiger partial charge in [-0.2, -0.15) is 9.29 Å². The minimum absolute atomic E-state index is 0.0206. The molecule has 0 saturated carbocycles. The molecule has 136 valence electrons. The van der Waals surface area contributed by atoms with Crippen LogP contribution in [-0.4, -0.2) is 29.9 Å². The van der Waals surface area contributed by atoms with Crippen LogP contribution in [-0.2, 0) is 16.6 Å². The van der Waals surface area contributed by atoms with E-state index in [1.54, 1.807) is 24.3 Å². The molecule has 9 heteroatoms. The molecule has 3 aromatic rings. The van der Waals surface area contributed by atoms with Gasteiger partial charge < -0.3 is 4.52 Å². The smallest absolute Gasteiger partial charge is 0.243 e. The second-order valence-electron chi connectivity index (χ2n) is 5.66. The van der Waals surface area contributed by atoms with Crippen molar-refractivity contribution in [1.82, 2.24) is 14.4 Å². The highest BCUT2D eigenvalue weighted by molar-refractivity contribution is 7.89. The monoisotopic (exact) mass is 395 g/mol. The van der Waals surface area contributed by atoms with Crippen LogP contribution in [0.4, 0.5) is 4.39 Å². The van der Waals surface area contributed by atoms with Gasteiger partial charge in [0, 0.05) is 12.6 Å². The van der Waals surface area contributed by atoms with Gasteiger partial charge in [0.2, 0.25) is 21.7 Å². The Morgan fingerprint density at radius 2 is 1.96 bits per heavy atom. The molecule has 0 atom stereocenters. The molecule has 0 spiro atoms. The Balaban J connectivity index is 1.84. The molecule has 1 aromatic heterocycles. The summed E-state index contributed by atoms with van der Waals surface area (Å²) in [7, 11) is -2.45. The first-order valence-electron chi connectivity index (χ1n) is 7.59. The topological polar surface area (TPSA) is 76.3 Å². The first-order valence-corrected chi connectivity index (χ1v) is 9.41. The lowest BCUT2D eigenvalue weighted by Crippen LogP contribution is -2.27. The molecule has 0 aliphatic heterocycles. The highest BCUT2D eigenvalue weighted by Gasteiger charge is 2.25. The second kappa shape index (κ2) is 7.14. The fourth-order valence-electron chi connectivity index (χ4n) is 2.42. The van der Waals surface area contributed by atoms with E-state index in [4.69, 9.17) is 16.1 Å². The van der Waals surface area contributed by atoms with E-state index in [1.165, 1.54) is 26.1 Å². The largest absolute Gasteiger partial charge is 0.338 e. The lowest BCUT2D eigenvalue weighted by molar-refractivity contribution is 0.336. The van der Waals surface area contributed by atoms with Gasteiger partial charge in [-0.15, -0.1) is 0 Å². The standard InChI is InChI=1S/C17H15ClFN3O3S/c1-11-9-12(19)7-8-15(11)26(23,24)22(2)10-16-20-17(21-25-16)13-5-3-4-6-14(13)18/h3-9H,10H2,1-2H3. The average molecular weight is 396 g/mol. The summed E-state index contributed by atoms with van der Waals surface area (Å²) >= 11 is 6.10. The zero-order valence-electron chi connectivity index (χ0n) is 14.0. The molecule has 0 unspecified atom stereocenters. The Hall–Kier alpha value is -2.29. The van der Waals surface area contributed by atoms with Crippen LogP contribution in [0.1, 0.15) is 11.5 Å².